The lowest BCUT2D eigenvalue weighted by molar-refractivity contribution is 0.330. The number of pyridine rings is 1. The number of nitrogens with zero attached hydrogens (tertiary/aromatic N) is 2. The second-order valence-electron chi connectivity index (χ2n) is 7.45. The normalized spacial score (nSPS) is 18.2. The van der Waals surface area contributed by atoms with E-state index in [1.807, 2.05) is 6.20 Å². The Kier molecular flexibility index (Phi) is 4.38. The Morgan fingerprint density at radius 2 is 1.90 bits per heavy atom. The molecule has 1 aromatic heterocycles. The standard InChI is InChI=1S/C17H29N3/c1-12(2)13(3)19-15-10-20(11-15)16-9-14(7-8-18-16)17(4,5)6/h7-9,12-13,15,19H,10-11H2,1-6H3/t13-/m0/s1. The van der Waals surface area contributed by atoms with Crippen molar-refractivity contribution in [2.24, 2.45) is 5.92 Å². The maximum atomic E-state index is 4.52. The van der Waals surface area contributed by atoms with Gasteiger partial charge in [0, 0.05) is 31.4 Å². The van der Waals surface area contributed by atoms with E-state index < -0.39 is 0 Å². The molecule has 2 heterocycles. The van der Waals surface area contributed by atoms with Gasteiger partial charge >= 0.3 is 0 Å². The molecule has 1 saturated heterocycles. The lowest BCUT2D eigenvalue weighted by Gasteiger charge is -2.42. The Bertz CT molecular complexity index is 442. The second-order valence-corrected chi connectivity index (χ2v) is 7.45. The van der Waals surface area contributed by atoms with Crippen LogP contribution in [0.3, 0.4) is 0 Å². The zero-order valence-electron chi connectivity index (χ0n) is 13.8. The molecule has 0 aliphatic carbocycles. The molecule has 0 aromatic carbocycles. The molecule has 1 N–H and O–H groups in total. The minimum Gasteiger partial charge on any atom is -0.353 e. The lowest BCUT2D eigenvalue weighted by atomic mass is 9.87. The molecule has 0 spiro atoms. The summed E-state index contributed by atoms with van der Waals surface area (Å²) in [5.41, 5.74) is 1.54. The number of aromatic nitrogens is 1. The first kappa shape index (κ1) is 15.3. The molecule has 1 aromatic rings. The lowest BCUT2D eigenvalue weighted by Crippen LogP contribution is -2.60. The van der Waals surface area contributed by atoms with Crippen LogP contribution in [-0.4, -0.2) is 30.2 Å². The second kappa shape index (κ2) is 5.72. The quantitative estimate of drug-likeness (QED) is 0.914. The van der Waals surface area contributed by atoms with E-state index in [9.17, 15) is 0 Å². The fraction of sp³-hybridized carbons (Fsp3) is 0.706. The van der Waals surface area contributed by atoms with Gasteiger partial charge < -0.3 is 10.2 Å². The average Bonchev–Trinajstić information content (AvgIpc) is 2.31. The molecule has 1 atom stereocenters. The Morgan fingerprint density at radius 3 is 2.45 bits per heavy atom. The maximum Gasteiger partial charge on any atom is 0.128 e. The zero-order valence-corrected chi connectivity index (χ0v) is 13.8. The summed E-state index contributed by atoms with van der Waals surface area (Å²) < 4.78 is 0. The predicted octanol–water partition coefficient (Wildman–Crippen LogP) is 3.20. The van der Waals surface area contributed by atoms with Crippen molar-refractivity contribution >= 4 is 5.82 Å². The van der Waals surface area contributed by atoms with Gasteiger partial charge in [0.1, 0.15) is 5.82 Å². The monoisotopic (exact) mass is 275 g/mol. The highest BCUT2D eigenvalue weighted by Crippen LogP contribution is 2.26. The van der Waals surface area contributed by atoms with Crippen LogP contribution in [-0.2, 0) is 5.41 Å². The van der Waals surface area contributed by atoms with Gasteiger partial charge in [-0.25, -0.2) is 4.98 Å². The van der Waals surface area contributed by atoms with Crippen molar-refractivity contribution in [1.29, 1.82) is 0 Å². The largest absolute Gasteiger partial charge is 0.353 e. The first-order valence-corrected chi connectivity index (χ1v) is 7.75. The molecule has 1 aliphatic rings. The molecule has 0 unspecified atom stereocenters. The molecule has 0 saturated carbocycles. The average molecular weight is 275 g/mol. The van der Waals surface area contributed by atoms with Crippen molar-refractivity contribution in [3.8, 4) is 0 Å². The van der Waals surface area contributed by atoms with Gasteiger partial charge in [0.15, 0.2) is 0 Å². The van der Waals surface area contributed by atoms with E-state index in [2.05, 4.69) is 68.9 Å². The summed E-state index contributed by atoms with van der Waals surface area (Å²) >= 11 is 0. The SMILES string of the molecule is CC(C)[C@H](C)NC1CN(c2cc(C(C)(C)C)ccn2)C1. The van der Waals surface area contributed by atoms with Gasteiger partial charge in [-0.15, -0.1) is 0 Å². The third-order valence-corrected chi connectivity index (χ3v) is 4.32. The number of rotatable bonds is 4. The molecule has 1 aliphatic heterocycles. The van der Waals surface area contributed by atoms with Crippen LogP contribution >= 0.6 is 0 Å². The van der Waals surface area contributed by atoms with Gasteiger partial charge in [0.25, 0.3) is 0 Å². The van der Waals surface area contributed by atoms with E-state index >= 15 is 0 Å². The number of nitrogens with one attached hydrogen (secondary N) is 1. The Labute approximate surface area is 123 Å². The minimum atomic E-state index is 0.187. The van der Waals surface area contributed by atoms with Gasteiger partial charge in [0.05, 0.1) is 0 Å². The van der Waals surface area contributed by atoms with Crippen LogP contribution in [0, 0.1) is 5.92 Å². The van der Waals surface area contributed by atoms with Crippen LogP contribution in [0.15, 0.2) is 18.3 Å². The third-order valence-electron chi connectivity index (χ3n) is 4.32. The Morgan fingerprint density at radius 1 is 1.25 bits per heavy atom. The molecule has 3 heteroatoms. The van der Waals surface area contributed by atoms with Crippen molar-refractivity contribution in [3.05, 3.63) is 23.9 Å². The molecular formula is C17H29N3. The van der Waals surface area contributed by atoms with Gasteiger partial charge in [-0.05, 0) is 36.0 Å². The van der Waals surface area contributed by atoms with E-state index in [1.165, 1.54) is 5.56 Å². The van der Waals surface area contributed by atoms with Crippen LogP contribution in [0.25, 0.3) is 0 Å². The van der Waals surface area contributed by atoms with E-state index in [1.54, 1.807) is 0 Å². The third kappa shape index (κ3) is 3.51. The van der Waals surface area contributed by atoms with E-state index in [-0.39, 0.29) is 5.41 Å². The predicted molar refractivity (Wildman–Crippen MR) is 86.4 cm³/mol. The van der Waals surface area contributed by atoms with Gasteiger partial charge in [0.2, 0.25) is 0 Å². The first-order chi connectivity index (χ1) is 9.27. The summed E-state index contributed by atoms with van der Waals surface area (Å²) in [6.45, 7) is 15.7. The molecule has 3 nitrogen and oxygen atoms in total. The Balaban J connectivity index is 1.93. The fourth-order valence-corrected chi connectivity index (χ4v) is 2.39. The highest BCUT2D eigenvalue weighted by Gasteiger charge is 2.29. The molecule has 0 amide bonds. The number of anilines is 1. The summed E-state index contributed by atoms with van der Waals surface area (Å²) in [7, 11) is 0. The smallest absolute Gasteiger partial charge is 0.128 e. The zero-order chi connectivity index (χ0) is 14.9. The van der Waals surface area contributed by atoms with Gasteiger partial charge in [-0.2, -0.15) is 0 Å². The molecule has 0 bridgehead atoms. The first-order valence-electron chi connectivity index (χ1n) is 7.75. The van der Waals surface area contributed by atoms with Gasteiger partial charge in [-0.1, -0.05) is 34.6 Å². The van der Waals surface area contributed by atoms with Crippen molar-refractivity contribution in [3.63, 3.8) is 0 Å². The van der Waals surface area contributed by atoms with Crippen molar-refractivity contribution in [2.45, 2.75) is 59.0 Å². The summed E-state index contributed by atoms with van der Waals surface area (Å²) in [5, 5.41) is 3.69. The van der Waals surface area contributed by atoms with E-state index in [4.69, 9.17) is 0 Å². The summed E-state index contributed by atoms with van der Waals surface area (Å²) in [6.07, 6.45) is 1.94. The van der Waals surface area contributed by atoms with Crippen molar-refractivity contribution in [1.82, 2.24) is 10.3 Å². The topological polar surface area (TPSA) is 28.2 Å². The highest BCUT2D eigenvalue weighted by molar-refractivity contribution is 5.46. The van der Waals surface area contributed by atoms with Crippen molar-refractivity contribution < 1.29 is 0 Å². The highest BCUT2D eigenvalue weighted by atomic mass is 15.3. The molecular weight excluding hydrogens is 246 g/mol. The van der Waals surface area contributed by atoms with Crippen molar-refractivity contribution in [2.75, 3.05) is 18.0 Å². The van der Waals surface area contributed by atoms with Crippen LogP contribution < -0.4 is 10.2 Å². The van der Waals surface area contributed by atoms with Crippen LogP contribution in [0.2, 0.25) is 0 Å². The number of hydrogen-bond donors (Lipinski definition) is 1. The maximum absolute atomic E-state index is 4.52. The number of hydrogen-bond acceptors (Lipinski definition) is 3. The van der Waals surface area contributed by atoms with Gasteiger partial charge in [-0.3, -0.25) is 0 Å². The molecule has 2 rings (SSSR count). The van der Waals surface area contributed by atoms with E-state index in [0.717, 1.165) is 18.9 Å². The Hall–Kier alpha value is -1.09. The molecule has 1 fully saturated rings. The van der Waals surface area contributed by atoms with Crippen LogP contribution in [0.1, 0.15) is 47.1 Å². The van der Waals surface area contributed by atoms with Crippen LogP contribution in [0.5, 0.6) is 0 Å². The van der Waals surface area contributed by atoms with Crippen LogP contribution in [0.4, 0.5) is 5.82 Å². The minimum absolute atomic E-state index is 0.187. The molecule has 112 valence electrons. The molecule has 0 radical (unpaired) electrons. The fourth-order valence-electron chi connectivity index (χ4n) is 2.39. The summed E-state index contributed by atoms with van der Waals surface area (Å²) in [4.78, 5) is 6.88. The molecule has 20 heavy (non-hydrogen) atoms. The summed E-state index contributed by atoms with van der Waals surface area (Å²) in [5.74, 6) is 1.80. The van der Waals surface area contributed by atoms with E-state index in [0.29, 0.717) is 18.0 Å². The summed E-state index contributed by atoms with van der Waals surface area (Å²) in [6, 6.07) is 5.55.